The fraction of sp³-hybridized carbons (Fsp3) is 0.333. The Bertz CT molecular complexity index is 967. The fourth-order valence-electron chi connectivity index (χ4n) is 4.35. The van der Waals surface area contributed by atoms with Gasteiger partial charge in [0, 0.05) is 18.3 Å². The van der Waals surface area contributed by atoms with Crippen LogP contribution in [-0.4, -0.2) is 24.8 Å². The lowest BCUT2D eigenvalue weighted by Gasteiger charge is -2.45. The molecule has 6 heteroatoms. The second-order valence-corrected chi connectivity index (χ2v) is 7.55. The zero-order valence-corrected chi connectivity index (χ0v) is 15.3. The Morgan fingerprint density at radius 1 is 1.11 bits per heavy atom. The zero-order chi connectivity index (χ0) is 19.6. The highest BCUT2D eigenvalue weighted by Gasteiger charge is 2.70. The van der Waals surface area contributed by atoms with E-state index in [0.717, 1.165) is 11.1 Å². The number of alkyl halides is 3. The molecule has 4 rings (SSSR count). The van der Waals surface area contributed by atoms with Crippen LogP contribution in [0.15, 0.2) is 53.5 Å². The predicted molar refractivity (Wildman–Crippen MR) is 98.0 cm³/mol. The number of amides is 1. The largest absolute Gasteiger partial charge is 0.390 e. The Kier molecular flexibility index (Phi) is 3.58. The lowest BCUT2D eigenvalue weighted by Crippen LogP contribution is -2.56. The quantitative estimate of drug-likeness (QED) is 0.757. The summed E-state index contributed by atoms with van der Waals surface area (Å²) in [4.78, 5) is 19.1. The number of fused-ring (bicyclic) bond motifs is 2. The number of aliphatic imine (C=N–C) groups is 1. The Hall–Kier alpha value is -2.63. The monoisotopic (exact) mass is 372 g/mol. The number of anilines is 1. The molecule has 2 unspecified atom stereocenters. The summed E-state index contributed by atoms with van der Waals surface area (Å²) < 4.78 is 40.6. The highest BCUT2D eigenvalue weighted by Crippen LogP contribution is 2.63. The molecule has 0 saturated heterocycles. The third-order valence-corrected chi connectivity index (χ3v) is 5.65. The first-order valence-corrected chi connectivity index (χ1v) is 8.72. The minimum Gasteiger partial charge on any atom is -0.315 e. The van der Waals surface area contributed by atoms with Gasteiger partial charge in [-0.05, 0) is 25.5 Å². The summed E-state index contributed by atoms with van der Waals surface area (Å²) >= 11 is 0. The SMILES string of the molecule is Cc1ccc2c(c1)C1(N=C1c1ccccc1)C(C)(CC(F)(F)F)C(=O)N2C. The minimum atomic E-state index is -4.49. The van der Waals surface area contributed by atoms with Crippen molar-refractivity contribution >= 4 is 17.3 Å². The van der Waals surface area contributed by atoms with Crippen molar-refractivity contribution in [3.05, 3.63) is 65.2 Å². The highest BCUT2D eigenvalue weighted by molar-refractivity contribution is 6.23. The first-order chi connectivity index (χ1) is 12.6. The summed E-state index contributed by atoms with van der Waals surface area (Å²) in [5.41, 5.74) is 0.467. The Labute approximate surface area is 155 Å². The van der Waals surface area contributed by atoms with Gasteiger partial charge < -0.3 is 4.90 Å². The number of rotatable bonds is 2. The molecule has 0 saturated carbocycles. The predicted octanol–water partition coefficient (Wildman–Crippen LogP) is 4.63. The normalized spacial score (nSPS) is 26.8. The number of aryl methyl sites for hydroxylation is 1. The summed E-state index contributed by atoms with van der Waals surface area (Å²) in [6.07, 6.45) is -5.71. The lowest BCUT2D eigenvalue weighted by atomic mass is 9.63. The lowest BCUT2D eigenvalue weighted by molar-refractivity contribution is -0.169. The van der Waals surface area contributed by atoms with Gasteiger partial charge in [0.1, 0.15) is 5.54 Å². The summed E-state index contributed by atoms with van der Waals surface area (Å²) in [7, 11) is 1.53. The van der Waals surface area contributed by atoms with Crippen LogP contribution in [0.1, 0.15) is 30.0 Å². The molecule has 0 N–H and O–H groups in total. The van der Waals surface area contributed by atoms with Gasteiger partial charge >= 0.3 is 6.18 Å². The van der Waals surface area contributed by atoms with Gasteiger partial charge in [0.15, 0.2) is 0 Å². The van der Waals surface area contributed by atoms with Crippen molar-refractivity contribution in [3.63, 3.8) is 0 Å². The van der Waals surface area contributed by atoms with Crippen LogP contribution in [0, 0.1) is 12.3 Å². The van der Waals surface area contributed by atoms with Gasteiger partial charge in [0.05, 0.1) is 17.5 Å². The maximum absolute atomic E-state index is 13.5. The van der Waals surface area contributed by atoms with Gasteiger partial charge in [0.2, 0.25) is 5.91 Å². The van der Waals surface area contributed by atoms with Gasteiger partial charge in [-0.15, -0.1) is 0 Å². The van der Waals surface area contributed by atoms with Crippen LogP contribution < -0.4 is 4.90 Å². The molecule has 2 aliphatic heterocycles. The van der Waals surface area contributed by atoms with Crippen molar-refractivity contribution in [1.29, 1.82) is 0 Å². The Morgan fingerprint density at radius 2 is 1.78 bits per heavy atom. The summed E-state index contributed by atoms with van der Waals surface area (Å²) in [6, 6.07) is 14.6. The molecule has 0 bridgehead atoms. The average molecular weight is 372 g/mol. The number of hydrogen-bond acceptors (Lipinski definition) is 2. The van der Waals surface area contributed by atoms with Crippen molar-refractivity contribution in [2.45, 2.75) is 32.0 Å². The molecule has 0 aromatic heterocycles. The molecule has 2 aromatic carbocycles. The van der Waals surface area contributed by atoms with Crippen LogP contribution in [-0.2, 0) is 10.3 Å². The molecule has 2 heterocycles. The molecule has 2 aliphatic rings. The van der Waals surface area contributed by atoms with Crippen molar-refractivity contribution in [1.82, 2.24) is 0 Å². The minimum absolute atomic E-state index is 0.545. The molecule has 1 amide bonds. The van der Waals surface area contributed by atoms with Gasteiger partial charge in [-0.2, -0.15) is 13.2 Å². The first kappa shape index (κ1) is 17.8. The number of carbonyl (C=O) groups excluding carboxylic acids is 1. The van der Waals surface area contributed by atoms with Crippen molar-refractivity contribution in [2.24, 2.45) is 10.4 Å². The number of nitrogens with zero attached hydrogens (tertiary/aromatic N) is 2. The van der Waals surface area contributed by atoms with Gasteiger partial charge in [-0.1, -0.05) is 48.0 Å². The Balaban J connectivity index is 1.96. The summed E-state index contributed by atoms with van der Waals surface area (Å²) in [6.45, 7) is 3.28. The highest BCUT2D eigenvalue weighted by atomic mass is 19.4. The van der Waals surface area contributed by atoms with Crippen molar-refractivity contribution in [3.8, 4) is 0 Å². The zero-order valence-electron chi connectivity index (χ0n) is 15.3. The van der Waals surface area contributed by atoms with Crippen molar-refractivity contribution < 1.29 is 18.0 Å². The van der Waals surface area contributed by atoms with E-state index < -0.39 is 29.5 Å². The van der Waals surface area contributed by atoms with Crippen LogP contribution in [0.5, 0.6) is 0 Å². The molecule has 0 fully saturated rings. The topological polar surface area (TPSA) is 32.7 Å². The number of halogens is 3. The van der Waals surface area contributed by atoms with Gasteiger partial charge in [0.25, 0.3) is 0 Å². The average Bonchev–Trinajstić information content (AvgIpc) is 3.36. The molecule has 2 aromatic rings. The second kappa shape index (κ2) is 5.44. The summed E-state index contributed by atoms with van der Waals surface area (Å²) in [5, 5.41) is 0. The maximum atomic E-state index is 13.5. The molecule has 1 spiro atoms. The number of hydrogen-bond donors (Lipinski definition) is 0. The van der Waals surface area contributed by atoms with E-state index in [0.29, 0.717) is 17.0 Å². The Morgan fingerprint density at radius 3 is 2.41 bits per heavy atom. The van der Waals surface area contributed by atoms with Crippen LogP contribution in [0.3, 0.4) is 0 Å². The molecule has 140 valence electrons. The van der Waals surface area contributed by atoms with Crippen LogP contribution in [0.2, 0.25) is 0 Å². The molecule has 27 heavy (non-hydrogen) atoms. The molecule has 3 nitrogen and oxygen atoms in total. The van der Waals surface area contributed by atoms with E-state index in [2.05, 4.69) is 4.99 Å². The first-order valence-electron chi connectivity index (χ1n) is 8.72. The van der Waals surface area contributed by atoms with E-state index in [-0.39, 0.29) is 0 Å². The smallest absolute Gasteiger partial charge is 0.315 e. The van der Waals surface area contributed by atoms with E-state index in [1.54, 1.807) is 6.07 Å². The third kappa shape index (κ3) is 2.42. The second-order valence-electron chi connectivity index (χ2n) is 7.55. The van der Waals surface area contributed by atoms with Crippen molar-refractivity contribution in [2.75, 3.05) is 11.9 Å². The third-order valence-electron chi connectivity index (χ3n) is 5.65. The molecule has 0 aliphatic carbocycles. The maximum Gasteiger partial charge on any atom is 0.390 e. The van der Waals surface area contributed by atoms with E-state index in [9.17, 15) is 18.0 Å². The standard InChI is InChI=1S/C21H19F3N2O/c1-13-9-10-16-15(11-13)21(17(25-21)14-7-5-4-6-8-14)19(2,12-20(22,23)24)18(27)26(16)3/h4-11H,12H2,1-3H3. The van der Waals surface area contributed by atoms with E-state index in [1.165, 1.54) is 18.9 Å². The van der Waals surface area contributed by atoms with Gasteiger partial charge in [-0.3, -0.25) is 9.79 Å². The number of benzene rings is 2. The van der Waals surface area contributed by atoms with Crippen LogP contribution in [0.25, 0.3) is 0 Å². The van der Waals surface area contributed by atoms with E-state index in [4.69, 9.17) is 0 Å². The number of carbonyl (C=O) groups is 1. The molecular weight excluding hydrogens is 353 g/mol. The molecule has 2 atom stereocenters. The van der Waals surface area contributed by atoms with E-state index >= 15 is 0 Å². The summed E-state index contributed by atoms with van der Waals surface area (Å²) in [5.74, 6) is -0.564. The molecule has 0 radical (unpaired) electrons. The van der Waals surface area contributed by atoms with E-state index in [1.807, 2.05) is 49.4 Å². The fourth-order valence-corrected chi connectivity index (χ4v) is 4.35. The van der Waals surface area contributed by atoms with Crippen LogP contribution in [0.4, 0.5) is 18.9 Å². The van der Waals surface area contributed by atoms with Gasteiger partial charge in [-0.25, -0.2) is 0 Å². The van der Waals surface area contributed by atoms with Crippen LogP contribution >= 0.6 is 0 Å². The molecular formula is C21H19F3N2O.